The second-order valence-corrected chi connectivity index (χ2v) is 9.95. The zero-order valence-corrected chi connectivity index (χ0v) is 21.4. The van der Waals surface area contributed by atoms with E-state index in [1.807, 2.05) is 12.3 Å². The molecule has 7 heteroatoms. The van der Waals surface area contributed by atoms with E-state index in [9.17, 15) is 0 Å². The molecule has 0 saturated heterocycles. The molecule has 35 heavy (non-hydrogen) atoms. The minimum Gasteiger partial charge on any atom is -0.397 e. The smallest absolute Gasteiger partial charge is 0.227 e. The van der Waals surface area contributed by atoms with E-state index < -0.39 is 0 Å². The molecule has 3 heterocycles. The van der Waals surface area contributed by atoms with E-state index in [0.717, 1.165) is 59.9 Å². The summed E-state index contributed by atoms with van der Waals surface area (Å²) < 4.78 is 2.38. The van der Waals surface area contributed by atoms with Crippen molar-refractivity contribution in [3.8, 4) is 11.3 Å². The molecular weight excluding hydrogens is 434 g/mol. The number of anilines is 4. The highest BCUT2D eigenvalue weighted by atomic mass is 15.2. The minimum atomic E-state index is 0.578. The normalized spacial score (nSPS) is 13.0. The van der Waals surface area contributed by atoms with Crippen molar-refractivity contribution in [1.29, 1.82) is 0 Å². The van der Waals surface area contributed by atoms with Gasteiger partial charge in [0, 0.05) is 55.7 Å². The van der Waals surface area contributed by atoms with E-state index in [1.54, 1.807) is 0 Å². The highest BCUT2D eigenvalue weighted by Gasteiger charge is 2.19. The first-order chi connectivity index (χ1) is 16.8. The van der Waals surface area contributed by atoms with Crippen LogP contribution >= 0.6 is 0 Å². The summed E-state index contributed by atoms with van der Waals surface area (Å²) in [6, 6.07) is 10.7. The fraction of sp³-hybridized carbons (Fsp3) is 0.357. The van der Waals surface area contributed by atoms with Crippen molar-refractivity contribution in [2.24, 2.45) is 0 Å². The first-order valence-corrected chi connectivity index (χ1v) is 12.3. The second-order valence-electron chi connectivity index (χ2n) is 9.95. The topological polar surface area (TPSA) is 75.2 Å². The van der Waals surface area contributed by atoms with Gasteiger partial charge in [-0.15, -0.1) is 0 Å². The lowest BCUT2D eigenvalue weighted by atomic mass is 10.0. The summed E-state index contributed by atoms with van der Waals surface area (Å²) >= 11 is 0. The molecule has 1 aliphatic rings. The Morgan fingerprint density at radius 2 is 1.91 bits per heavy atom. The van der Waals surface area contributed by atoms with Crippen molar-refractivity contribution >= 4 is 33.9 Å². The molecule has 0 saturated carbocycles. The Bertz CT molecular complexity index is 1390. The van der Waals surface area contributed by atoms with Gasteiger partial charge in [-0.05, 0) is 69.6 Å². The van der Waals surface area contributed by atoms with Gasteiger partial charge >= 0.3 is 0 Å². The van der Waals surface area contributed by atoms with Gasteiger partial charge in [-0.2, -0.15) is 0 Å². The van der Waals surface area contributed by atoms with Crippen LogP contribution in [0.4, 0.5) is 23.0 Å². The van der Waals surface area contributed by atoms with Gasteiger partial charge in [0.15, 0.2) is 0 Å². The lowest BCUT2D eigenvalue weighted by Gasteiger charge is -2.24. The molecular formula is C28H35N7. The minimum absolute atomic E-state index is 0.578. The van der Waals surface area contributed by atoms with E-state index in [-0.39, 0.29) is 0 Å². The van der Waals surface area contributed by atoms with Gasteiger partial charge in [-0.3, -0.25) is 0 Å². The standard InChI is InChI=1S/C28H35N7/c1-18-14-25(34(5)13-12-33(3)4)23(29)15-24(18)31-28-30-16-19(2)26(32-28)22-17-35-11-7-9-20-8-6-10-21(22)27(20)35/h6,8,10,14-17H,7,9,11-13,29H2,1-5H3,(H,30,31,32). The van der Waals surface area contributed by atoms with Crippen LogP contribution in [-0.2, 0) is 13.0 Å². The van der Waals surface area contributed by atoms with Crippen molar-refractivity contribution in [1.82, 2.24) is 19.4 Å². The maximum atomic E-state index is 6.46. The monoisotopic (exact) mass is 469 g/mol. The number of aromatic nitrogens is 3. The summed E-state index contributed by atoms with van der Waals surface area (Å²) in [5.74, 6) is 0.578. The summed E-state index contributed by atoms with van der Waals surface area (Å²) in [4.78, 5) is 13.9. The summed E-state index contributed by atoms with van der Waals surface area (Å²) in [5, 5.41) is 4.69. The maximum absolute atomic E-state index is 6.46. The molecule has 0 radical (unpaired) electrons. The van der Waals surface area contributed by atoms with Crippen molar-refractivity contribution in [3.63, 3.8) is 0 Å². The molecule has 0 aliphatic carbocycles. The fourth-order valence-electron chi connectivity index (χ4n) is 4.98. The lowest BCUT2D eigenvalue weighted by Crippen LogP contribution is -2.29. The number of rotatable bonds is 7. The number of aryl methyl sites for hydroxylation is 4. The van der Waals surface area contributed by atoms with Crippen molar-refractivity contribution in [3.05, 3.63) is 59.4 Å². The van der Waals surface area contributed by atoms with Gasteiger partial charge in [0.05, 0.1) is 22.6 Å². The van der Waals surface area contributed by atoms with Crippen LogP contribution in [0.25, 0.3) is 22.2 Å². The molecule has 7 nitrogen and oxygen atoms in total. The van der Waals surface area contributed by atoms with E-state index in [2.05, 4.69) is 90.1 Å². The number of para-hydroxylation sites is 1. The van der Waals surface area contributed by atoms with Gasteiger partial charge < -0.3 is 25.4 Å². The largest absolute Gasteiger partial charge is 0.397 e. The van der Waals surface area contributed by atoms with Gasteiger partial charge in [-0.1, -0.05) is 18.2 Å². The van der Waals surface area contributed by atoms with E-state index in [0.29, 0.717) is 5.95 Å². The van der Waals surface area contributed by atoms with E-state index >= 15 is 0 Å². The molecule has 2 aromatic heterocycles. The Morgan fingerprint density at radius 3 is 2.71 bits per heavy atom. The third-order valence-corrected chi connectivity index (χ3v) is 6.97. The van der Waals surface area contributed by atoms with Gasteiger partial charge in [0.2, 0.25) is 5.95 Å². The molecule has 182 valence electrons. The van der Waals surface area contributed by atoms with Crippen LogP contribution < -0.4 is 16.0 Å². The zero-order chi connectivity index (χ0) is 24.7. The Morgan fingerprint density at radius 1 is 1.09 bits per heavy atom. The predicted octanol–water partition coefficient (Wildman–Crippen LogP) is 4.98. The molecule has 0 atom stereocenters. The van der Waals surface area contributed by atoms with E-state index in [4.69, 9.17) is 10.7 Å². The van der Waals surface area contributed by atoms with Crippen LogP contribution in [-0.4, -0.2) is 53.7 Å². The van der Waals surface area contributed by atoms with Crippen LogP contribution in [0.1, 0.15) is 23.1 Å². The molecule has 2 aromatic carbocycles. The van der Waals surface area contributed by atoms with Gasteiger partial charge in [0.1, 0.15) is 0 Å². The molecule has 0 amide bonds. The summed E-state index contributed by atoms with van der Waals surface area (Å²) in [7, 11) is 6.24. The molecule has 1 aliphatic heterocycles. The van der Waals surface area contributed by atoms with Crippen molar-refractivity contribution < 1.29 is 0 Å². The van der Waals surface area contributed by atoms with Crippen LogP contribution in [0.2, 0.25) is 0 Å². The third-order valence-electron chi connectivity index (χ3n) is 6.97. The average Bonchev–Trinajstić information content (AvgIpc) is 3.21. The predicted molar refractivity (Wildman–Crippen MR) is 147 cm³/mol. The van der Waals surface area contributed by atoms with Crippen LogP contribution in [0.15, 0.2) is 42.7 Å². The Hall–Kier alpha value is -3.58. The van der Waals surface area contributed by atoms with Crippen molar-refractivity contribution in [2.45, 2.75) is 33.2 Å². The van der Waals surface area contributed by atoms with Crippen LogP contribution in [0, 0.1) is 13.8 Å². The van der Waals surface area contributed by atoms with Crippen LogP contribution in [0.3, 0.4) is 0 Å². The SMILES string of the molecule is Cc1cc(N(C)CCN(C)C)c(N)cc1Nc1ncc(C)c(-c2cn3c4c(cccc24)CCC3)n1. The summed E-state index contributed by atoms with van der Waals surface area (Å²) in [6.07, 6.45) is 6.47. The number of hydrogen-bond acceptors (Lipinski definition) is 6. The molecule has 0 fully saturated rings. The Labute approximate surface area is 207 Å². The first kappa shape index (κ1) is 23.2. The Balaban J connectivity index is 1.46. The molecule has 4 aromatic rings. The van der Waals surface area contributed by atoms with Gasteiger partial charge in [-0.25, -0.2) is 9.97 Å². The third kappa shape index (κ3) is 4.44. The molecule has 3 N–H and O–H groups in total. The van der Waals surface area contributed by atoms with Gasteiger partial charge in [0.25, 0.3) is 0 Å². The average molecular weight is 470 g/mol. The molecule has 5 rings (SSSR count). The molecule has 0 unspecified atom stereocenters. The number of nitrogens with zero attached hydrogens (tertiary/aromatic N) is 5. The highest BCUT2D eigenvalue weighted by Crippen LogP contribution is 2.36. The maximum Gasteiger partial charge on any atom is 0.227 e. The zero-order valence-electron chi connectivity index (χ0n) is 21.4. The number of nitrogens with two attached hydrogens (primary N) is 1. The number of benzene rings is 2. The van der Waals surface area contributed by atoms with E-state index in [1.165, 1.54) is 28.5 Å². The fourth-order valence-corrected chi connectivity index (χ4v) is 4.98. The quantitative estimate of drug-likeness (QED) is 0.372. The first-order valence-electron chi connectivity index (χ1n) is 12.3. The molecule has 0 spiro atoms. The second kappa shape index (κ2) is 9.23. The number of nitrogens with one attached hydrogen (secondary N) is 1. The lowest BCUT2D eigenvalue weighted by molar-refractivity contribution is 0.416. The highest BCUT2D eigenvalue weighted by molar-refractivity contribution is 5.98. The number of likely N-dealkylation sites (N-methyl/N-ethyl adjacent to an activating group) is 2. The summed E-state index contributed by atoms with van der Waals surface area (Å²) in [6.45, 7) is 7.09. The number of nitrogen functional groups attached to an aromatic ring is 1. The summed E-state index contributed by atoms with van der Waals surface area (Å²) in [5.41, 5.74) is 16.2. The van der Waals surface area contributed by atoms with Crippen molar-refractivity contribution in [2.75, 3.05) is 50.2 Å². The van der Waals surface area contributed by atoms with Crippen LogP contribution in [0.5, 0.6) is 0 Å². The Kier molecular flexibility index (Phi) is 6.11. The molecule has 0 bridgehead atoms. The number of hydrogen-bond donors (Lipinski definition) is 2.